The molecule has 27 heavy (non-hydrogen) atoms. The predicted molar refractivity (Wildman–Crippen MR) is 102 cm³/mol. The smallest absolute Gasteiger partial charge is 0.328 e. The fourth-order valence-electron chi connectivity index (χ4n) is 2.76. The molecule has 140 valence electrons. The van der Waals surface area contributed by atoms with Crippen molar-refractivity contribution in [1.82, 2.24) is 10.3 Å². The Balaban J connectivity index is 1.67. The monoisotopic (exact) mass is 385 g/mol. The second-order valence-corrected chi connectivity index (χ2v) is 6.86. The first kappa shape index (κ1) is 18.8. The van der Waals surface area contributed by atoms with Crippen molar-refractivity contribution in [1.29, 1.82) is 0 Å². The fourth-order valence-corrected chi connectivity index (χ4v) is 3.48. The number of H-pyrrole nitrogens is 1. The van der Waals surface area contributed by atoms with E-state index in [2.05, 4.69) is 10.3 Å². The van der Waals surface area contributed by atoms with Gasteiger partial charge in [-0.05, 0) is 29.5 Å². The number of thioether (sulfide) groups is 1. The van der Waals surface area contributed by atoms with Gasteiger partial charge in [0.25, 0.3) is 5.03 Å². The molecule has 0 unspecified atom stereocenters. The number of fused-ring (bicyclic) bond motifs is 1. The number of aromatic nitrogens is 2. The van der Waals surface area contributed by atoms with Crippen molar-refractivity contribution in [2.24, 2.45) is 0 Å². The van der Waals surface area contributed by atoms with Crippen LogP contribution in [-0.2, 0) is 20.7 Å². The van der Waals surface area contributed by atoms with Crippen LogP contribution in [0.5, 0.6) is 0 Å². The standard InChI is InChI=1S/C19H19N3O4S/c1-26-19(24)16(10-13-11-20-15-7-3-2-6-14(13)15)21-17(23)12-27-18-8-4-5-9-22(18)25/h2-9,11,16,20H,10,12H2,1H3,(H,21,23)/t16-/m1/s1. The number of ether oxygens (including phenoxy) is 1. The van der Waals surface area contributed by atoms with Gasteiger partial charge in [0.1, 0.15) is 6.04 Å². The number of nitrogens with zero attached hydrogens (tertiary/aromatic N) is 1. The molecular formula is C19H19N3O4S. The Labute approximate surface area is 160 Å². The Morgan fingerprint density at radius 3 is 2.81 bits per heavy atom. The molecule has 0 saturated heterocycles. The van der Waals surface area contributed by atoms with Gasteiger partial charge in [-0.1, -0.05) is 18.2 Å². The predicted octanol–water partition coefficient (Wildman–Crippen LogP) is 1.79. The van der Waals surface area contributed by atoms with Crippen LogP contribution in [0.1, 0.15) is 5.56 Å². The zero-order valence-electron chi connectivity index (χ0n) is 14.7. The molecule has 1 aromatic carbocycles. The Kier molecular flexibility index (Phi) is 5.97. The average molecular weight is 385 g/mol. The molecule has 2 aromatic heterocycles. The van der Waals surface area contributed by atoms with Crippen LogP contribution in [0.2, 0.25) is 0 Å². The van der Waals surface area contributed by atoms with E-state index in [0.29, 0.717) is 16.2 Å². The maximum Gasteiger partial charge on any atom is 0.328 e. The topological polar surface area (TPSA) is 98.1 Å². The highest BCUT2D eigenvalue weighted by Gasteiger charge is 2.23. The van der Waals surface area contributed by atoms with Crippen molar-refractivity contribution in [2.75, 3.05) is 12.9 Å². The molecule has 1 amide bonds. The molecule has 0 fully saturated rings. The average Bonchev–Trinajstić information content (AvgIpc) is 3.09. The highest BCUT2D eigenvalue weighted by molar-refractivity contribution is 7.99. The lowest BCUT2D eigenvalue weighted by molar-refractivity contribution is -0.645. The van der Waals surface area contributed by atoms with Crippen LogP contribution in [0.25, 0.3) is 10.9 Å². The normalized spacial score (nSPS) is 11.9. The Morgan fingerprint density at radius 2 is 2.04 bits per heavy atom. The van der Waals surface area contributed by atoms with Crippen molar-refractivity contribution in [3.8, 4) is 0 Å². The molecule has 0 aliphatic carbocycles. The number of carbonyl (C=O) groups excluding carboxylic acids is 2. The molecule has 3 aromatic rings. The third-order valence-corrected chi connectivity index (χ3v) is 5.08. The van der Waals surface area contributed by atoms with Crippen LogP contribution in [0.15, 0.2) is 59.9 Å². The minimum absolute atomic E-state index is 0.0215. The SMILES string of the molecule is COC(=O)[C@@H](Cc1c[nH]c2ccccc12)NC(=O)CSc1cccc[n+]1[O-]. The molecule has 1 atom stereocenters. The summed E-state index contributed by atoms with van der Waals surface area (Å²) in [6, 6.07) is 11.9. The maximum atomic E-state index is 12.3. The molecule has 3 rings (SSSR count). The van der Waals surface area contributed by atoms with E-state index in [9.17, 15) is 14.8 Å². The fraction of sp³-hybridized carbons (Fsp3) is 0.211. The van der Waals surface area contributed by atoms with Gasteiger partial charge < -0.3 is 20.2 Å². The summed E-state index contributed by atoms with van der Waals surface area (Å²) in [4.78, 5) is 27.6. The van der Waals surface area contributed by atoms with E-state index >= 15 is 0 Å². The number of nitrogens with one attached hydrogen (secondary N) is 2. The lowest BCUT2D eigenvalue weighted by Crippen LogP contribution is -2.44. The van der Waals surface area contributed by atoms with Crippen molar-refractivity contribution < 1.29 is 19.1 Å². The van der Waals surface area contributed by atoms with E-state index in [0.717, 1.165) is 28.2 Å². The van der Waals surface area contributed by atoms with Crippen LogP contribution < -0.4 is 10.0 Å². The number of para-hydroxylation sites is 1. The van der Waals surface area contributed by atoms with Crippen LogP contribution in [-0.4, -0.2) is 35.8 Å². The molecule has 0 saturated carbocycles. The van der Waals surface area contributed by atoms with Crippen LogP contribution >= 0.6 is 11.8 Å². The molecule has 0 spiro atoms. The quantitative estimate of drug-likeness (QED) is 0.280. The first-order valence-corrected chi connectivity index (χ1v) is 9.30. The Hall–Kier alpha value is -3.00. The maximum absolute atomic E-state index is 12.3. The summed E-state index contributed by atoms with van der Waals surface area (Å²) in [5.74, 6) is -0.843. The van der Waals surface area contributed by atoms with E-state index in [1.807, 2.05) is 30.5 Å². The summed E-state index contributed by atoms with van der Waals surface area (Å²) >= 11 is 1.11. The van der Waals surface area contributed by atoms with Gasteiger partial charge in [-0.25, -0.2) is 4.79 Å². The molecule has 8 heteroatoms. The van der Waals surface area contributed by atoms with Crippen LogP contribution in [0, 0.1) is 5.21 Å². The summed E-state index contributed by atoms with van der Waals surface area (Å²) in [6.45, 7) is 0. The number of amides is 1. The van der Waals surface area contributed by atoms with Crippen molar-refractivity contribution >= 4 is 34.5 Å². The molecule has 7 nitrogen and oxygen atoms in total. The number of benzene rings is 1. The lowest BCUT2D eigenvalue weighted by atomic mass is 10.0. The van der Waals surface area contributed by atoms with Gasteiger partial charge in [-0.3, -0.25) is 4.79 Å². The zero-order chi connectivity index (χ0) is 19.2. The molecule has 0 aliphatic heterocycles. The number of hydrogen-bond donors (Lipinski definition) is 2. The number of hydrogen-bond acceptors (Lipinski definition) is 5. The highest BCUT2D eigenvalue weighted by Crippen LogP contribution is 2.19. The molecule has 0 bridgehead atoms. The van der Waals surface area contributed by atoms with Crippen molar-refractivity contribution in [3.63, 3.8) is 0 Å². The minimum Gasteiger partial charge on any atom is -0.618 e. The minimum atomic E-state index is -0.808. The molecular weight excluding hydrogens is 366 g/mol. The van der Waals surface area contributed by atoms with Crippen LogP contribution in [0.3, 0.4) is 0 Å². The molecule has 2 heterocycles. The second-order valence-electron chi connectivity index (χ2n) is 5.86. The Bertz CT molecular complexity index is 957. The lowest BCUT2D eigenvalue weighted by Gasteiger charge is -2.16. The summed E-state index contributed by atoms with van der Waals surface area (Å²) in [6.07, 6.45) is 3.50. The summed E-state index contributed by atoms with van der Waals surface area (Å²) in [7, 11) is 1.29. The first-order valence-electron chi connectivity index (χ1n) is 8.31. The van der Waals surface area contributed by atoms with E-state index in [1.54, 1.807) is 18.2 Å². The highest BCUT2D eigenvalue weighted by atomic mass is 32.2. The van der Waals surface area contributed by atoms with Gasteiger partial charge in [-0.15, -0.1) is 0 Å². The van der Waals surface area contributed by atoms with Gasteiger partial charge in [0, 0.05) is 35.7 Å². The molecule has 0 radical (unpaired) electrons. The summed E-state index contributed by atoms with van der Waals surface area (Å²) in [5.41, 5.74) is 1.87. The van der Waals surface area contributed by atoms with Gasteiger partial charge in [-0.2, -0.15) is 4.73 Å². The largest absolute Gasteiger partial charge is 0.618 e. The number of methoxy groups -OCH3 is 1. The third-order valence-electron chi connectivity index (χ3n) is 4.06. The van der Waals surface area contributed by atoms with Crippen molar-refractivity contribution in [2.45, 2.75) is 17.5 Å². The van der Waals surface area contributed by atoms with Crippen LogP contribution in [0.4, 0.5) is 0 Å². The van der Waals surface area contributed by atoms with Gasteiger partial charge >= 0.3 is 5.97 Å². The zero-order valence-corrected chi connectivity index (χ0v) is 15.5. The van der Waals surface area contributed by atoms with Crippen molar-refractivity contribution in [3.05, 3.63) is 65.6 Å². The number of rotatable bonds is 7. The first-order chi connectivity index (χ1) is 13.1. The van der Waals surface area contributed by atoms with Gasteiger partial charge in [0.15, 0.2) is 6.20 Å². The van der Waals surface area contributed by atoms with E-state index in [4.69, 9.17) is 4.74 Å². The summed E-state index contributed by atoms with van der Waals surface area (Å²) in [5, 5.41) is 15.7. The van der Waals surface area contributed by atoms with E-state index in [-0.39, 0.29) is 11.7 Å². The summed E-state index contributed by atoms with van der Waals surface area (Å²) < 4.78 is 5.53. The number of aromatic amines is 1. The van der Waals surface area contributed by atoms with Gasteiger partial charge in [0.05, 0.1) is 12.9 Å². The van der Waals surface area contributed by atoms with E-state index < -0.39 is 12.0 Å². The number of carbonyl (C=O) groups is 2. The van der Waals surface area contributed by atoms with E-state index in [1.165, 1.54) is 13.3 Å². The van der Waals surface area contributed by atoms with Gasteiger partial charge in [0.2, 0.25) is 5.91 Å². The second kappa shape index (κ2) is 8.59. The molecule has 2 N–H and O–H groups in total. The Morgan fingerprint density at radius 1 is 1.26 bits per heavy atom. The molecule has 0 aliphatic rings. The number of pyridine rings is 1. The third kappa shape index (κ3) is 4.59. The number of esters is 1.